The van der Waals surface area contributed by atoms with Crippen LogP contribution in [0.1, 0.15) is 17.8 Å². The van der Waals surface area contributed by atoms with Crippen molar-refractivity contribution < 1.29 is 0 Å². The van der Waals surface area contributed by atoms with Crippen molar-refractivity contribution in [1.29, 1.82) is 0 Å². The van der Waals surface area contributed by atoms with E-state index in [1.807, 2.05) is 16.7 Å². The Labute approximate surface area is 129 Å². The molecule has 20 heavy (non-hydrogen) atoms. The average molecular weight is 349 g/mol. The van der Waals surface area contributed by atoms with E-state index in [0.717, 1.165) is 15.8 Å². The maximum atomic E-state index is 3.83. The first-order valence-electron chi connectivity index (χ1n) is 6.18. The van der Waals surface area contributed by atoms with Gasteiger partial charge in [-0.3, -0.25) is 4.57 Å². The number of hydrogen-bond acceptors (Lipinski definition) is 4. The van der Waals surface area contributed by atoms with Crippen LogP contribution < -0.4 is 5.32 Å². The zero-order valence-corrected chi connectivity index (χ0v) is 13.2. The first kappa shape index (κ1) is 13.3. The van der Waals surface area contributed by atoms with E-state index in [1.54, 1.807) is 24.0 Å². The number of halogens is 1. The van der Waals surface area contributed by atoms with Gasteiger partial charge >= 0.3 is 0 Å². The van der Waals surface area contributed by atoms with Crippen molar-refractivity contribution in [2.45, 2.75) is 13.0 Å². The maximum absolute atomic E-state index is 3.83. The molecule has 0 amide bonds. The third-order valence-corrected chi connectivity index (χ3v) is 4.84. The Hall–Kier alpha value is -1.66. The normalized spacial score (nSPS) is 12.3. The molecule has 0 aliphatic carbocycles. The van der Waals surface area contributed by atoms with Crippen LogP contribution in [0.15, 0.2) is 52.8 Å². The van der Waals surface area contributed by atoms with Gasteiger partial charge in [0, 0.05) is 20.4 Å². The van der Waals surface area contributed by atoms with Gasteiger partial charge in [0.1, 0.15) is 12.7 Å². The Morgan fingerprint density at radius 2 is 2.05 bits per heavy atom. The first-order chi connectivity index (χ1) is 9.72. The smallest absolute Gasteiger partial charge is 0.123 e. The van der Waals surface area contributed by atoms with Gasteiger partial charge < -0.3 is 5.32 Å². The standard InChI is InChI=1S/C14H13BrN4S/c1-10(14-5-11(15)7-20-14)18-12-3-2-4-13(6-12)19-8-16-17-9-19/h2-10,18H,1H3. The highest BCUT2D eigenvalue weighted by Crippen LogP contribution is 2.28. The lowest BCUT2D eigenvalue weighted by Gasteiger charge is -2.14. The molecule has 0 bridgehead atoms. The number of benzene rings is 1. The van der Waals surface area contributed by atoms with Gasteiger partial charge in [-0.25, -0.2) is 0 Å². The summed E-state index contributed by atoms with van der Waals surface area (Å²) in [4.78, 5) is 1.30. The van der Waals surface area contributed by atoms with Crippen molar-refractivity contribution >= 4 is 33.0 Å². The molecular weight excluding hydrogens is 336 g/mol. The second-order valence-electron chi connectivity index (χ2n) is 4.45. The van der Waals surface area contributed by atoms with Crippen LogP contribution in [0.5, 0.6) is 0 Å². The van der Waals surface area contributed by atoms with E-state index in [1.165, 1.54) is 4.88 Å². The molecule has 1 atom stereocenters. The Kier molecular flexibility index (Phi) is 3.84. The molecule has 0 saturated carbocycles. The van der Waals surface area contributed by atoms with Crippen LogP contribution in [0.3, 0.4) is 0 Å². The molecule has 0 radical (unpaired) electrons. The lowest BCUT2D eigenvalue weighted by atomic mass is 10.2. The van der Waals surface area contributed by atoms with Crippen LogP contribution in [0.25, 0.3) is 5.69 Å². The van der Waals surface area contributed by atoms with Crippen LogP contribution in [0.4, 0.5) is 5.69 Å². The highest BCUT2D eigenvalue weighted by Gasteiger charge is 2.08. The SMILES string of the molecule is CC(Nc1cccc(-n2cnnc2)c1)c1cc(Br)cs1. The number of nitrogens with zero attached hydrogens (tertiary/aromatic N) is 3. The summed E-state index contributed by atoms with van der Waals surface area (Å²) in [6.45, 7) is 2.16. The largest absolute Gasteiger partial charge is 0.378 e. The van der Waals surface area contributed by atoms with E-state index in [4.69, 9.17) is 0 Å². The van der Waals surface area contributed by atoms with Gasteiger partial charge in [0.15, 0.2) is 0 Å². The summed E-state index contributed by atoms with van der Waals surface area (Å²) in [6.07, 6.45) is 3.39. The quantitative estimate of drug-likeness (QED) is 0.765. The van der Waals surface area contributed by atoms with E-state index in [9.17, 15) is 0 Å². The van der Waals surface area contributed by atoms with Gasteiger partial charge in [0.25, 0.3) is 0 Å². The van der Waals surface area contributed by atoms with Crippen molar-refractivity contribution in [3.8, 4) is 5.69 Å². The lowest BCUT2D eigenvalue weighted by Crippen LogP contribution is -2.05. The second kappa shape index (κ2) is 5.76. The zero-order valence-electron chi connectivity index (χ0n) is 10.8. The summed E-state index contributed by atoms with van der Waals surface area (Å²) >= 11 is 5.23. The second-order valence-corrected chi connectivity index (χ2v) is 6.31. The maximum Gasteiger partial charge on any atom is 0.123 e. The molecule has 0 saturated heterocycles. The van der Waals surface area contributed by atoms with E-state index < -0.39 is 0 Å². The molecule has 0 spiro atoms. The van der Waals surface area contributed by atoms with E-state index in [2.05, 4.69) is 61.9 Å². The summed E-state index contributed by atoms with van der Waals surface area (Å²) in [5, 5.41) is 13.3. The molecule has 0 fully saturated rings. The van der Waals surface area contributed by atoms with Crippen molar-refractivity contribution in [2.24, 2.45) is 0 Å². The highest BCUT2D eigenvalue weighted by molar-refractivity contribution is 9.10. The number of thiophene rings is 1. The molecular formula is C14H13BrN4S. The van der Waals surface area contributed by atoms with Gasteiger partial charge in [0.2, 0.25) is 0 Å². The molecule has 3 aromatic rings. The number of aromatic nitrogens is 3. The Balaban J connectivity index is 1.79. The Bertz CT molecular complexity index is 693. The Morgan fingerprint density at radius 3 is 2.75 bits per heavy atom. The van der Waals surface area contributed by atoms with Crippen molar-refractivity contribution in [2.75, 3.05) is 5.32 Å². The predicted octanol–water partition coefficient (Wildman–Crippen LogP) is 4.26. The zero-order chi connectivity index (χ0) is 13.9. The molecule has 1 N–H and O–H groups in total. The summed E-state index contributed by atoms with van der Waals surface area (Å²) in [5.41, 5.74) is 2.12. The minimum Gasteiger partial charge on any atom is -0.378 e. The summed E-state index contributed by atoms with van der Waals surface area (Å²) in [7, 11) is 0. The van der Waals surface area contributed by atoms with Gasteiger partial charge in [-0.15, -0.1) is 21.5 Å². The number of nitrogens with one attached hydrogen (secondary N) is 1. The van der Waals surface area contributed by atoms with Crippen molar-refractivity contribution in [3.05, 3.63) is 57.7 Å². The van der Waals surface area contributed by atoms with Gasteiger partial charge in [-0.2, -0.15) is 0 Å². The fraction of sp³-hybridized carbons (Fsp3) is 0.143. The fourth-order valence-electron chi connectivity index (χ4n) is 1.97. The molecule has 102 valence electrons. The molecule has 1 unspecified atom stereocenters. The first-order valence-corrected chi connectivity index (χ1v) is 7.85. The predicted molar refractivity (Wildman–Crippen MR) is 85.4 cm³/mol. The minimum atomic E-state index is 0.266. The third-order valence-electron chi connectivity index (χ3n) is 2.96. The fourth-order valence-corrected chi connectivity index (χ4v) is 3.42. The molecule has 0 aliphatic rings. The summed E-state index contributed by atoms with van der Waals surface area (Å²) in [6, 6.07) is 10.6. The number of hydrogen-bond donors (Lipinski definition) is 1. The van der Waals surface area contributed by atoms with E-state index in [0.29, 0.717) is 0 Å². The highest BCUT2D eigenvalue weighted by atomic mass is 79.9. The lowest BCUT2D eigenvalue weighted by molar-refractivity contribution is 0.906. The molecule has 3 rings (SSSR count). The number of anilines is 1. The molecule has 4 nitrogen and oxygen atoms in total. The topological polar surface area (TPSA) is 42.7 Å². The monoisotopic (exact) mass is 348 g/mol. The summed E-state index contributed by atoms with van der Waals surface area (Å²) in [5.74, 6) is 0. The number of rotatable bonds is 4. The minimum absolute atomic E-state index is 0.266. The van der Waals surface area contributed by atoms with Crippen molar-refractivity contribution in [3.63, 3.8) is 0 Å². The van der Waals surface area contributed by atoms with Crippen LogP contribution in [0.2, 0.25) is 0 Å². The van der Waals surface area contributed by atoms with Gasteiger partial charge in [0.05, 0.1) is 11.7 Å². The van der Waals surface area contributed by atoms with Gasteiger partial charge in [-0.05, 0) is 47.1 Å². The van der Waals surface area contributed by atoms with Crippen LogP contribution in [0, 0.1) is 0 Å². The molecule has 6 heteroatoms. The Morgan fingerprint density at radius 1 is 1.25 bits per heavy atom. The average Bonchev–Trinajstić information content (AvgIpc) is 3.10. The van der Waals surface area contributed by atoms with Crippen molar-refractivity contribution in [1.82, 2.24) is 14.8 Å². The molecule has 0 aliphatic heterocycles. The van der Waals surface area contributed by atoms with E-state index >= 15 is 0 Å². The van der Waals surface area contributed by atoms with Crippen LogP contribution in [-0.2, 0) is 0 Å². The molecule has 2 aromatic heterocycles. The van der Waals surface area contributed by atoms with Gasteiger partial charge in [-0.1, -0.05) is 6.07 Å². The van der Waals surface area contributed by atoms with Crippen LogP contribution in [-0.4, -0.2) is 14.8 Å². The van der Waals surface area contributed by atoms with E-state index in [-0.39, 0.29) is 6.04 Å². The molecule has 2 heterocycles. The molecule has 1 aromatic carbocycles. The third kappa shape index (κ3) is 2.91. The summed E-state index contributed by atoms with van der Waals surface area (Å²) < 4.78 is 3.02. The van der Waals surface area contributed by atoms with Crippen LogP contribution >= 0.6 is 27.3 Å².